The normalized spacial score (nSPS) is 10.8. The van der Waals surface area contributed by atoms with E-state index in [1.165, 1.54) is 0 Å². The molecule has 17 heavy (non-hydrogen) atoms. The first-order chi connectivity index (χ1) is 8.15. The lowest BCUT2D eigenvalue weighted by Crippen LogP contribution is -2.09. The van der Waals surface area contributed by atoms with Gasteiger partial charge in [-0.25, -0.2) is 0 Å². The van der Waals surface area contributed by atoms with E-state index in [0.29, 0.717) is 15.0 Å². The van der Waals surface area contributed by atoms with Crippen LogP contribution in [0, 0.1) is 0 Å². The smallest absolute Gasteiger partial charge is 0.225 e. The van der Waals surface area contributed by atoms with Crippen molar-refractivity contribution in [3.8, 4) is 0 Å². The number of aromatic nitrogens is 4. The van der Waals surface area contributed by atoms with Gasteiger partial charge in [-0.05, 0) is 33.9 Å². The molecule has 0 aromatic carbocycles. The van der Waals surface area contributed by atoms with Gasteiger partial charge in [-0.3, -0.25) is 9.48 Å². The van der Waals surface area contributed by atoms with Crippen LogP contribution in [0.4, 0.5) is 0 Å². The van der Waals surface area contributed by atoms with Crippen LogP contribution < -0.4 is 0 Å². The topological polar surface area (TPSA) is 60.7 Å². The van der Waals surface area contributed by atoms with Crippen LogP contribution in [-0.4, -0.2) is 25.2 Å². The Kier molecular flexibility index (Phi) is 3.68. The molecule has 2 aromatic rings. The molecule has 0 unspecified atom stereocenters. The highest BCUT2D eigenvalue weighted by Crippen LogP contribution is 2.22. The maximum atomic E-state index is 12.3. The SMILES string of the molecule is CCCc1nnsc1C(=O)c1c(Br)cnn1C. The molecule has 0 saturated heterocycles. The average Bonchev–Trinajstić information content (AvgIpc) is 2.86. The molecule has 0 radical (unpaired) electrons. The van der Waals surface area contributed by atoms with E-state index in [9.17, 15) is 4.79 Å². The van der Waals surface area contributed by atoms with Crippen LogP contribution in [-0.2, 0) is 13.5 Å². The summed E-state index contributed by atoms with van der Waals surface area (Å²) >= 11 is 4.47. The molecule has 0 spiro atoms. The number of ketones is 1. The fraction of sp³-hybridized carbons (Fsp3) is 0.400. The maximum absolute atomic E-state index is 12.3. The Balaban J connectivity index is 2.40. The van der Waals surface area contributed by atoms with E-state index in [4.69, 9.17) is 0 Å². The Morgan fingerprint density at radius 2 is 2.35 bits per heavy atom. The van der Waals surface area contributed by atoms with Crippen molar-refractivity contribution in [3.63, 3.8) is 0 Å². The molecule has 0 aliphatic carbocycles. The fourth-order valence-electron chi connectivity index (χ4n) is 1.56. The highest BCUT2D eigenvalue weighted by atomic mass is 79.9. The molecule has 0 saturated carbocycles. The predicted octanol–water partition coefficient (Wildman–Crippen LogP) is 2.22. The van der Waals surface area contributed by atoms with Crippen molar-refractivity contribution >= 4 is 33.2 Å². The summed E-state index contributed by atoms with van der Waals surface area (Å²) in [5.74, 6) is -0.0738. The van der Waals surface area contributed by atoms with E-state index in [0.717, 1.165) is 30.1 Å². The molecule has 0 aliphatic rings. The monoisotopic (exact) mass is 314 g/mol. The minimum atomic E-state index is -0.0738. The van der Waals surface area contributed by atoms with Crippen LogP contribution >= 0.6 is 27.5 Å². The molecule has 5 nitrogen and oxygen atoms in total. The van der Waals surface area contributed by atoms with E-state index < -0.39 is 0 Å². The van der Waals surface area contributed by atoms with E-state index in [1.807, 2.05) is 6.92 Å². The Morgan fingerprint density at radius 1 is 1.59 bits per heavy atom. The summed E-state index contributed by atoms with van der Waals surface area (Å²) in [7, 11) is 1.74. The molecular weight excluding hydrogens is 304 g/mol. The molecule has 0 N–H and O–H groups in total. The minimum absolute atomic E-state index is 0.0738. The average molecular weight is 315 g/mol. The summed E-state index contributed by atoms with van der Waals surface area (Å²) in [6, 6.07) is 0. The minimum Gasteiger partial charge on any atom is -0.286 e. The molecule has 2 aromatic heterocycles. The summed E-state index contributed by atoms with van der Waals surface area (Å²) in [5, 5.41) is 8.03. The van der Waals surface area contributed by atoms with Crippen molar-refractivity contribution in [2.24, 2.45) is 7.05 Å². The number of nitrogens with zero attached hydrogens (tertiary/aromatic N) is 4. The van der Waals surface area contributed by atoms with Gasteiger partial charge in [-0.1, -0.05) is 17.8 Å². The van der Waals surface area contributed by atoms with Crippen molar-refractivity contribution in [2.75, 3.05) is 0 Å². The van der Waals surface area contributed by atoms with Gasteiger partial charge in [0.15, 0.2) is 0 Å². The van der Waals surface area contributed by atoms with Gasteiger partial charge >= 0.3 is 0 Å². The predicted molar refractivity (Wildman–Crippen MR) is 68.2 cm³/mol. The second-order valence-corrected chi connectivity index (χ2v) is 5.20. The van der Waals surface area contributed by atoms with Gasteiger partial charge in [0.2, 0.25) is 5.78 Å². The van der Waals surface area contributed by atoms with Crippen molar-refractivity contribution in [3.05, 3.63) is 26.9 Å². The summed E-state index contributed by atoms with van der Waals surface area (Å²) in [6.45, 7) is 2.05. The lowest BCUT2D eigenvalue weighted by atomic mass is 10.1. The summed E-state index contributed by atoms with van der Waals surface area (Å²) in [5.41, 5.74) is 1.31. The van der Waals surface area contributed by atoms with Crippen LogP contribution in [0.25, 0.3) is 0 Å². The molecule has 2 heterocycles. The lowest BCUT2D eigenvalue weighted by Gasteiger charge is -2.01. The zero-order valence-corrected chi connectivity index (χ0v) is 11.9. The van der Waals surface area contributed by atoms with Gasteiger partial charge in [0.1, 0.15) is 10.6 Å². The fourth-order valence-corrected chi connectivity index (χ4v) is 2.73. The quantitative estimate of drug-likeness (QED) is 0.812. The molecule has 0 bridgehead atoms. The van der Waals surface area contributed by atoms with Crippen LogP contribution in [0.5, 0.6) is 0 Å². The second kappa shape index (κ2) is 5.05. The largest absolute Gasteiger partial charge is 0.286 e. The highest BCUT2D eigenvalue weighted by Gasteiger charge is 2.22. The number of carbonyl (C=O) groups is 1. The first kappa shape index (κ1) is 12.4. The summed E-state index contributed by atoms with van der Waals surface area (Å²) in [6.07, 6.45) is 3.33. The molecular formula is C10H11BrN4OS. The summed E-state index contributed by atoms with van der Waals surface area (Å²) < 4.78 is 6.11. The molecule has 0 aliphatic heterocycles. The number of hydrogen-bond acceptors (Lipinski definition) is 5. The van der Waals surface area contributed by atoms with Gasteiger partial charge in [0.25, 0.3) is 0 Å². The lowest BCUT2D eigenvalue weighted by molar-refractivity contribution is 0.103. The van der Waals surface area contributed by atoms with E-state index in [-0.39, 0.29) is 5.78 Å². The number of rotatable bonds is 4. The van der Waals surface area contributed by atoms with Crippen LogP contribution in [0.1, 0.15) is 34.4 Å². The van der Waals surface area contributed by atoms with Gasteiger partial charge < -0.3 is 0 Å². The molecule has 0 amide bonds. The van der Waals surface area contributed by atoms with Gasteiger partial charge in [0, 0.05) is 7.05 Å². The van der Waals surface area contributed by atoms with Crippen LogP contribution in [0.15, 0.2) is 10.7 Å². The molecule has 90 valence electrons. The number of hydrogen-bond donors (Lipinski definition) is 0. The number of aryl methyl sites for hydroxylation is 2. The standard InChI is InChI=1S/C10H11BrN4OS/c1-3-4-7-10(17-14-13-7)9(16)8-6(11)5-12-15(8)2/h5H,3-4H2,1-2H3. The van der Waals surface area contributed by atoms with Crippen molar-refractivity contribution in [1.82, 2.24) is 19.4 Å². The molecule has 7 heteroatoms. The van der Waals surface area contributed by atoms with Gasteiger partial charge in [-0.2, -0.15) is 5.10 Å². The second-order valence-electron chi connectivity index (χ2n) is 3.59. The van der Waals surface area contributed by atoms with Gasteiger partial charge in [-0.15, -0.1) is 5.10 Å². The Labute approximate surface area is 111 Å². The Hall–Kier alpha value is -1.08. The molecule has 2 rings (SSSR count). The maximum Gasteiger partial charge on any atom is 0.225 e. The van der Waals surface area contributed by atoms with Crippen LogP contribution in [0.2, 0.25) is 0 Å². The Bertz CT molecular complexity index is 529. The third-order valence-electron chi connectivity index (χ3n) is 2.36. The van der Waals surface area contributed by atoms with E-state index >= 15 is 0 Å². The molecule has 0 atom stereocenters. The first-order valence-electron chi connectivity index (χ1n) is 5.18. The van der Waals surface area contributed by atoms with E-state index in [2.05, 4.69) is 30.6 Å². The van der Waals surface area contributed by atoms with Gasteiger partial charge in [0.05, 0.1) is 16.4 Å². The Morgan fingerprint density at radius 3 is 2.94 bits per heavy atom. The zero-order chi connectivity index (χ0) is 12.4. The third-order valence-corrected chi connectivity index (χ3v) is 3.71. The first-order valence-corrected chi connectivity index (χ1v) is 6.75. The number of halogens is 1. The highest BCUT2D eigenvalue weighted by molar-refractivity contribution is 9.10. The van der Waals surface area contributed by atoms with Crippen molar-refractivity contribution < 1.29 is 4.79 Å². The summed E-state index contributed by atoms with van der Waals surface area (Å²) in [4.78, 5) is 13.0. The number of carbonyl (C=O) groups excluding carboxylic acids is 1. The van der Waals surface area contributed by atoms with Crippen molar-refractivity contribution in [1.29, 1.82) is 0 Å². The van der Waals surface area contributed by atoms with E-state index in [1.54, 1.807) is 17.9 Å². The van der Waals surface area contributed by atoms with Crippen LogP contribution in [0.3, 0.4) is 0 Å². The zero-order valence-electron chi connectivity index (χ0n) is 9.47. The molecule has 0 fully saturated rings. The third kappa shape index (κ3) is 2.30. The van der Waals surface area contributed by atoms with Crippen molar-refractivity contribution in [2.45, 2.75) is 19.8 Å².